The predicted molar refractivity (Wildman–Crippen MR) is 85.2 cm³/mol. The van der Waals surface area contributed by atoms with Crippen LogP contribution in [0, 0.1) is 6.92 Å². The lowest BCUT2D eigenvalue weighted by Crippen LogP contribution is -2.34. The van der Waals surface area contributed by atoms with E-state index >= 15 is 0 Å². The van der Waals surface area contributed by atoms with Crippen molar-refractivity contribution in [1.29, 1.82) is 0 Å². The molecular formula is C14H24N2O3S2. The molecule has 1 aliphatic carbocycles. The Kier molecular flexibility index (Phi) is 5.79. The molecule has 21 heavy (non-hydrogen) atoms. The lowest BCUT2D eigenvalue weighted by atomic mass is 10.3. The molecule has 7 heteroatoms. The van der Waals surface area contributed by atoms with E-state index in [0.717, 1.165) is 36.2 Å². The number of nitrogens with one attached hydrogen (secondary N) is 2. The molecule has 0 radical (unpaired) electrons. The molecule has 0 aliphatic heterocycles. The van der Waals surface area contributed by atoms with E-state index in [1.54, 1.807) is 7.11 Å². The van der Waals surface area contributed by atoms with Crippen molar-refractivity contribution in [2.45, 2.75) is 56.7 Å². The number of ether oxygens (including phenoxy) is 1. The van der Waals surface area contributed by atoms with Crippen molar-refractivity contribution in [3.8, 4) is 0 Å². The van der Waals surface area contributed by atoms with Crippen LogP contribution in [0.1, 0.15) is 36.6 Å². The third-order valence-electron chi connectivity index (χ3n) is 3.83. The Balaban J connectivity index is 2.14. The first-order chi connectivity index (χ1) is 9.97. The second-order valence-corrected chi connectivity index (χ2v) is 8.06. The molecule has 1 aromatic rings. The smallest absolute Gasteiger partial charge is 0.242 e. The van der Waals surface area contributed by atoms with Gasteiger partial charge in [0.1, 0.15) is 4.90 Å². The van der Waals surface area contributed by atoms with E-state index in [4.69, 9.17) is 4.74 Å². The fourth-order valence-electron chi connectivity index (χ4n) is 2.75. The van der Waals surface area contributed by atoms with Crippen LogP contribution in [0.2, 0.25) is 0 Å². The van der Waals surface area contributed by atoms with E-state index in [2.05, 4.69) is 10.0 Å². The second-order valence-electron chi connectivity index (χ2n) is 5.44. The molecule has 1 fully saturated rings. The molecule has 5 nitrogen and oxygen atoms in total. The average molecular weight is 332 g/mol. The van der Waals surface area contributed by atoms with Gasteiger partial charge in [0.15, 0.2) is 0 Å². The molecule has 0 saturated heterocycles. The Hall–Kier alpha value is -0.470. The minimum Gasteiger partial charge on any atom is -0.381 e. The largest absolute Gasteiger partial charge is 0.381 e. The second kappa shape index (κ2) is 7.19. The fraction of sp³-hybridized carbons (Fsp3) is 0.714. The van der Waals surface area contributed by atoms with Crippen molar-refractivity contribution in [2.24, 2.45) is 0 Å². The number of thiophene rings is 1. The highest BCUT2D eigenvalue weighted by Gasteiger charge is 2.31. The Morgan fingerprint density at radius 3 is 2.81 bits per heavy atom. The molecule has 0 bridgehead atoms. The Morgan fingerprint density at radius 1 is 1.43 bits per heavy atom. The molecule has 2 N–H and O–H groups in total. The van der Waals surface area contributed by atoms with Gasteiger partial charge in [0.25, 0.3) is 0 Å². The summed E-state index contributed by atoms with van der Waals surface area (Å²) in [6, 6.07) is -0.0220. The Labute approximate surface area is 131 Å². The van der Waals surface area contributed by atoms with Crippen molar-refractivity contribution in [3.05, 3.63) is 15.8 Å². The molecule has 1 aliphatic rings. The quantitative estimate of drug-likeness (QED) is 0.801. The zero-order valence-corrected chi connectivity index (χ0v) is 14.4. The van der Waals surface area contributed by atoms with Gasteiger partial charge in [0.2, 0.25) is 10.0 Å². The maximum absolute atomic E-state index is 12.7. The third kappa shape index (κ3) is 4.04. The van der Waals surface area contributed by atoms with Crippen LogP contribution in [0.25, 0.3) is 0 Å². The first kappa shape index (κ1) is 16.9. The summed E-state index contributed by atoms with van der Waals surface area (Å²) in [7, 11) is -1.78. The number of methoxy groups -OCH3 is 1. The van der Waals surface area contributed by atoms with Gasteiger partial charge in [-0.2, -0.15) is 0 Å². The fourth-order valence-corrected chi connectivity index (χ4v) is 5.81. The highest BCUT2D eigenvalue weighted by atomic mass is 32.2. The molecule has 0 spiro atoms. The van der Waals surface area contributed by atoms with Crippen molar-refractivity contribution < 1.29 is 13.2 Å². The van der Waals surface area contributed by atoms with Crippen LogP contribution in [0.3, 0.4) is 0 Å². The van der Waals surface area contributed by atoms with Gasteiger partial charge >= 0.3 is 0 Å². The van der Waals surface area contributed by atoms with Crippen LogP contribution in [-0.4, -0.2) is 34.2 Å². The van der Waals surface area contributed by atoms with Gasteiger partial charge in [-0.15, -0.1) is 11.3 Å². The van der Waals surface area contributed by atoms with E-state index in [-0.39, 0.29) is 12.1 Å². The van der Waals surface area contributed by atoms with E-state index in [1.807, 2.05) is 19.2 Å². The van der Waals surface area contributed by atoms with Gasteiger partial charge < -0.3 is 10.1 Å². The maximum Gasteiger partial charge on any atom is 0.242 e. The molecule has 1 aromatic heterocycles. The van der Waals surface area contributed by atoms with Gasteiger partial charge in [-0.3, -0.25) is 0 Å². The molecule has 120 valence electrons. The topological polar surface area (TPSA) is 67.4 Å². The van der Waals surface area contributed by atoms with Gasteiger partial charge in [0.05, 0.1) is 6.10 Å². The van der Waals surface area contributed by atoms with E-state index in [1.165, 1.54) is 11.3 Å². The van der Waals surface area contributed by atoms with Crippen molar-refractivity contribution >= 4 is 21.4 Å². The molecule has 0 amide bonds. The summed E-state index contributed by atoms with van der Waals surface area (Å²) in [6.07, 6.45) is 2.67. The molecule has 0 aromatic carbocycles. The van der Waals surface area contributed by atoms with Crippen LogP contribution in [0.4, 0.5) is 0 Å². The molecule has 1 heterocycles. The lowest BCUT2D eigenvalue weighted by Gasteiger charge is -2.15. The molecule has 2 atom stereocenters. The van der Waals surface area contributed by atoms with Crippen LogP contribution in [0.5, 0.6) is 0 Å². The standard InChI is InChI=1S/C14H24N2O3S2/c1-4-15-8-13-14(10(2)9-20-13)21(17,18)16-11-5-6-12(7-11)19-3/h9,11-12,15-16H,4-8H2,1-3H3. The normalized spacial score (nSPS) is 22.8. The SMILES string of the molecule is CCNCc1scc(C)c1S(=O)(=O)NC1CCC(OC)C1. The van der Waals surface area contributed by atoms with Crippen molar-refractivity contribution in [3.63, 3.8) is 0 Å². The predicted octanol–water partition coefficient (Wildman–Crippen LogP) is 2.01. The number of rotatable bonds is 7. The molecule has 2 rings (SSSR count). The molecule has 1 saturated carbocycles. The zero-order chi connectivity index (χ0) is 15.5. The minimum absolute atomic E-state index is 0.0220. The van der Waals surface area contributed by atoms with Crippen molar-refractivity contribution in [1.82, 2.24) is 10.0 Å². The number of aryl methyl sites for hydroxylation is 1. The average Bonchev–Trinajstić information content (AvgIpc) is 3.02. The molecule has 2 unspecified atom stereocenters. The first-order valence-corrected chi connectivity index (χ1v) is 9.67. The summed E-state index contributed by atoms with van der Waals surface area (Å²) in [5.74, 6) is 0. The monoisotopic (exact) mass is 332 g/mol. The molecular weight excluding hydrogens is 308 g/mol. The maximum atomic E-state index is 12.7. The van der Waals surface area contributed by atoms with Crippen LogP contribution in [-0.2, 0) is 21.3 Å². The zero-order valence-electron chi connectivity index (χ0n) is 12.8. The number of hydrogen-bond donors (Lipinski definition) is 2. The highest BCUT2D eigenvalue weighted by Crippen LogP contribution is 2.29. The van der Waals surface area contributed by atoms with Crippen LogP contribution < -0.4 is 10.0 Å². The van der Waals surface area contributed by atoms with Gasteiger partial charge in [0, 0.05) is 24.6 Å². The van der Waals surface area contributed by atoms with Crippen LogP contribution >= 0.6 is 11.3 Å². The summed E-state index contributed by atoms with van der Waals surface area (Å²) in [5, 5.41) is 5.11. The van der Waals surface area contributed by atoms with Gasteiger partial charge in [-0.1, -0.05) is 6.92 Å². The van der Waals surface area contributed by atoms with Gasteiger partial charge in [-0.25, -0.2) is 13.1 Å². The van der Waals surface area contributed by atoms with Gasteiger partial charge in [-0.05, 0) is 43.7 Å². The Morgan fingerprint density at radius 2 is 2.19 bits per heavy atom. The number of hydrogen-bond acceptors (Lipinski definition) is 5. The minimum atomic E-state index is -3.46. The summed E-state index contributed by atoms with van der Waals surface area (Å²) in [4.78, 5) is 1.33. The third-order valence-corrected chi connectivity index (χ3v) is 6.82. The lowest BCUT2D eigenvalue weighted by molar-refractivity contribution is 0.107. The van der Waals surface area contributed by atoms with E-state index < -0.39 is 10.0 Å². The summed E-state index contributed by atoms with van der Waals surface area (Å²) in [5.41, 5.74) is 0.821. The first-order valence-electron chi connectivity index (χ1n) is 7.30. The van der Waals surface area contributed by atoms with Crippen molar-refractivity contribution in [2.75, 3.05) is 13.7 Å². The van der Waals surface area contributed by atoms with E-state index in [0.29, 0.717) is 11.4 Å². The summed E-state index contributed by atoms with van der Waals surface area (Å²) in [6.45, 7) is 5.28. The Bertz CT molecular complexity index is 569. The summed E-state index contributed by atoms with van der Waals surface area (Å²) < 4.78 is 33.5. The highest BCUT2D eigenvalue weighted by molar-refractivity contribution is 7.89. The van der Waals surface area contributed by atoms with Crippen LogP contribution in [0.15, 0.2) is 10.3 Å². The van der Waals surface area contributed by atoms with E-state index in [9.17, 15) is 8.42 Å². The summed E-state index contributed by atoms with van der Waals surface area (Å²) >= 11 is 1.50. The number of sulfonamides is 1.